The number of carbonyl (C=O) groups excluding carboxylic acids is 2. The molecule has 36 heavy (non-hydrogen) atoms. The first-order valence-corrected chi connectivity index (χ1v) is 11.4. The highest BCUT2D eigenvalue weighted by Crippen LogP contribution is 2.34. The van der Waals surface area contributed by atoms with Gasteiger partial charge in [0.05, 0.1) is 16.8 Å². The Morgan fingerprint density at radius 2 is 1.31 bits per heavy atom. The number of benzene rings is 4. The molecule has 1 aromatic heterocycles. The van der Waals surface area contributed by atoms with Crippen molar-refractivity contribution < 1.29 is 9.59 Å². The maximum absolute atomic E-state index is 13.0. The summed E-state index contributed by atoms with van der Waals surface area (Å²) in [7, 11) is 0. The zero-order valence-corrected chi connectivity index (χ0v) is 19.0. The van der Waals surface area contributed by atoms with Crippen molar-refractivity contribution in [1.82, 2.24) is 9.99 Å². The second-order valence-corrected chi connectivity index (χ2v) is 8.42. The summed E-state index contributed by atoms with van der Waals surface area (Å²) >= 11 is 0. The van der Waals surface area contributed by atoms with Gasteiger partial charge in [-0.1, -0.05) is 78.9 Å². The van der Waals surface area contributed by atoms with Gasteiger partial charge in [0.25, 0.3) is 11.8 Å². The third-order valence-corrected chi connectivity index (χ3v) is 6.27. The molecule has 0 aliphatic carbocycles. The standard InChI is InChI=1S/C30H18N4O2/c31-18-26-25(20-9-2-1-3-10-20)17-27(22-15-14-19-8-4-5-11-21(19)16-22)32-28(26)33-34-29(35)23-12-6-7-13-24(23)30(34)36/h1-17H,(H,32,33). The van der Waals surface area contributed by atoms with Gasteiger partial charge >= 0.3 is 0 Å². The number of aromatic nitrogens is 1. The minimum atomic E-state index is -0.487. The summed E-state index contributed by atoms with van der Waals surface area (Å²) in [5.41, 5.74) is 6.65. The molecule has 0 saturated carbocycles. The largest absolute Gasteiger partial charge is 0.280 e. The molecule has 0 saturated heterocycles. The molecule has 1 aliphatic rings. The number of hydrogen-bond donors (Lipinski definition) is 1. The predicted molar refractivity (Wildman–Crippen MR) is 138 cm³/mol. The summed E-state index contributed by atoms with van der Waals surface area (Å²) in [4.78, 5) is 30.7. The first kappa shape index (κ1) is 21.3. The Labute approximate surface area is 207 Å². The second-order valence-electron chi connectivity index (χ2n) is 8.42. The molecule has 5 aromatic rings. The fourth-order valence-corrected chi connectivity index (χ4v) is 4.48. The Kier molecular flexibility index (Phi) is 5.02. The number of nitrogens with zero attached hydrogens (tertiary/aromatic N) is 3. The van der Waals surface area contributed by atoms with Gasteiger partial charge in [-0.25, -0.2) is 4.98 Å². The van der Waals surface area contributed by atoms with Crippen molar-refractivity contribution in [2.45, 2.75) is 0 Å². The zero-order valence-electron chi connectivity index (χ0n) is 19.0. The van der Waals surface area contributed by atoms with Gasteiger partial charge in [-0.15, -0.1) is 0 Å². The number of pyridine rings is 1. The van der Waals surface area contributed by atoms with E-state index in [4.69, 9.17) is 4.98 Å². The molecule has 0 fully saturated rings. The number of nitrogens with one attached hydrogen (secondary N) is 1. The van der Waals surface area contributed by atoms with Gasteiger partial charge in [-0.3, -0.25) is 15.0 Å². The molecule has 0 bridgehead atoms. The molecule has 6 rings (SSSR count). The molecule has 0 unspecified atom stereocenters. The van der Waals surface area contributed by atoms with Gasteiger partial charge in [-0.05, 0) is 40.6 Å². The predicted octanol–water partition coefficient (Wildman–Crippen LogP) is 6.06. The van der Waals surface area contributed by atoms with E-state index in [2.05, 4.69) is 11.5 Å². The SMILES string of the molecule is N#Cc1c(-c2ccccc2)cc(-c2ccc3ccccc3c2)nc1NN1C(=O)c2ccccc2C1=O. The van der Waals surface area contributed by atoms with Crippen molar-refractivity contribution >= 4 is 28.4 Å². The molecule has 2 heterocycles. The van der Waals surface area contributed by atoms with Gasteiger partial charge in [-0.2, -0.15) is 10.3 Å². The number of carbonyl (C=O) groups is 2. The number of fused-ring (bicyclic) bond motifs is 2. The Hall–Kier alpha value is -5.28. The van der Waals surface area contributed by atoms with E-state index >= 15 is 0 Å². The lowest BCUT2D eigenvalue weighted by Crippen LogP contribution is -2.36. The lowest BCUT2D eigenvalue weighted by Gasteiger charge is -2.19. The quantitative estimate of drug-likeness (QED) is 0.325. The van der Waals surface area contributed by atoms with E-state index in [1.165, 1.54) is 0 Å². The number of hydrazine groups is 1. The van der Waals surface area contributed by atoms with E-state index in [0.29, 0.717) is 22.4 Å². The molecular formula is C30H18N4O2. The van der Waals surface area contributed by atoms with E-state index in [1.807, 2.05) is 78.9 Å². The van der Waals surface area contributed by atoms with Crippen LogP contribution in [0.3, 0.4) is 0 Å². The monoisotopic (exact) mass is 466 g/mol. The highest BCUT2D eigenvalue weighted by molar-refractivity contribution is 6.22. The topological polar surface area (TPSA) is 86.1 Å². The fraction of sp³-hybridized carbons (Fsp3) is 0. The fourth-order valence-electron chi connectivity index (χ4n) is 4.48. The van der Waals surface area contributed by atoms with Crippen LogP contribution in [-0.4, -0.2) is 21.8 Å². The molecule has 0 atom stereocenters. The Morgan fingerprint density at radius 3 is 2.00 bits per heavy atom. The van der Waals surface area contributed by atoms with Crippen LogP contribution in [0.15, 0.2) is 103 Å². The molecule has 1 N–H and O–H groups in total. The summed E-state index contributed by atoms with van der Waals surface area (Å²) in [6.07, 6.45) is 0. The first-order valence-electron chi connectivity index (χ1n) is 11.4. The van der Waals surface area contributed by atoms with Crippen LogP contribution in [0.1, 0.15) is 26.3 Å². The molecule has 0 spiro atoms. The van der Waals surface area contributed by atoms with Crippen LogP contribution < -0.4 is 5.43 Å². The third-order valence-electron chi connectivity index (χ3n) is 6.27. The van der Waals surface area contributed by atoms with Crippen LogP contribution in [0.25, 0.3) is 33.2 Å². The number of amides is 2. The van der Waals surface area contributed by atoms with E-state index in [-0.39, 0.29) is 11.4 Å². The maximum atomic E-state index is 13.0. The lowest BCUT2D eigenvalue weighted by atomic mass is 9.97. The summed E-state index contributed by atoms with van der Waals surface area (Å²) in [5.74, 6) is -0.839. The first-order chi connectivity index (χ1) is 17.6. The van der Waals surface area contributed by atoms with E-state index in [9.17, 15) is 14.9 Å². The van der Waals surface area contributed by atoms with Gasteiger partial charge in [0.15, 0.2) is 5.82 Å². The Bertz CT molecular complexity index is 1690. The molecule has 2 amide bonds. The van der Waals surface area contributed by atoms with Crippen molar-refractivity contribution in [1.29, 1.82) is 5.26 Å². The Balaban J connectivity index is 1.52. The van der Waals surface area contributed by atoms with Crippen LogP contribution in [-0.2, 0) is 0 Å². The summed E-state index contributed by atoms with van der Waals surface area (Å²) in [5, 5.41) is 13.2. The summed E-state index contributed by atoms with van der Waals surface area (Å²) < 4.78 is 0. The molecule has 0 radical (unpaired) electrons. The number of imide groups is 1. The minimum Gasteiger partial charge on any atom is -0.270 e. The number of rotatable bonds is 4. The number of hydrogen-bond acceptors (Lipinski definition) is 5. The second kappa shape index (κ2) is 8.49. The van der Waals surface area contributed by atoms with E-state index in [1.54, 1.807) is 24.3 Å². The number of anilines is 1. The molecular weight excluding hydrogens is 448 g/mol. The smallest absolute Gasteiger partial charge is 0.270 e. The van der Waals surface area contributed by atoms with Crippen LogP contribution in [0, 0.1) is 11.3 Å². The lowest BCUT2D eigenvalue weighted by molar-refractivity contribution is 0.0690. The maximum Gasteiger partial charge on any atom is 0.280 e. The van der Waals surface area contributed by atoms with Crippen molar-refractivity contribution in [3.63, 3.8) is 0 Å². The molecule has 6 heteroatoms. The van der Waals surface area contributed by atoms with Gasteiger partial charge < -0.3 is 0 Å². The summed E-state index contributed by atoms with van der Waals surface area (Å²) in [6.45, 7) is 0. The average molecular weight is 467 g/mol. The van der Waals surface area contributed by atoms with Crippen LogP contribution in [0.4, 0.5) is 5.82 Å². The highest BCUT2D eigenvalue weighted by atomic mass is 16.2. The van der Waals surface area contributed by atoms with Crippen molar-refractivity contribution in [3.05, 3.63) is 120 Å². The van der Waals surface area contributed by atoms with Gasteiger partial charge in [0.1, 0.15) is 11.6 Å². The van der Waals surface area contributed by atoms with Crippen molar-refractivity contribution in [3.8, 4) is 28.5 Å². The minimum absolute atomic E-state index is 0.136. The zero-order chi connectivity index (χ0) is 24.6. The summed E-state index contributed by atoms with van der Waals surface area (Å²) in [6, 6.07) is 34.3. The van der Waals surface area contributed by atoms with Gasteiger partial charge in [0, 0.05) is 11.1 Å². The van der Waals surface area contributed by atoms with E-state index in [0.717, 1.165) is 26.9 Å². The highest BCUT2D eigenvalue weighted by Gasteiger charge is 2.36. The number of nitriles is 1. The molecule has 1 aliphatic heterocycles. The Morgan fingerprint density at radius 1 is 0.667 bits per heavy atom. The molecule has 170 valence electrons. The van der Waals surface area contributed by atoms with E-state index < -0.39 is 11.8 Å². The van der Waals surface area contributed by atoms with Crippen LogP contribution in [0.2, 0.25) is 0 Å². The van der Waals surface area contributed by atoms with Crippen molar-refractivity contribution in [2.75, 3.05) is 5.43 Å². The van der Waals surface area contributed by atoms with Crippen LogP contribution >= 0.6 is 0 Å². The molecule has 4 aromatic carbocycles. The normalized spacial score (nSPS) is 12.5. The molecule has 6 nitrogen and oxygen atoms in total. The average Bonchev–Trinajstić information content (AvgIpc) is 3.17. The third kappa shape index (κ3) is 3.47. The van der Waals surface area contributed by atoms with Gasteiger partial charge in [0.2, 0.25) is 0 Å². The van der Waals surface area contributed by atoms with Crippen molar-refractivity contribution in [2.24, 2.45) is 0 Å². The van der Waals surface area contributed by atoms with Crippen LogP contribution in [0.5, 0.6) is 0 Å².